The van der Waals surface area contributed by atoms with Crippen molar-refractivity contribution in [3.8, 4) is 0 Å². The Balaban J connectivity index is 1.70. The number of morpholine rings is 1. The number of carbonyl (C=O) groups is 1. The smallest absolute Gasteiger partial charge is 0.247 e. The summed E-state index contributed by atoms with van der Waals surface area (Å²) < 4.78 is 32.1. The number of ether oxygens (including phenoxy) is 1. The van der Waals surface area contributed by atoms with Gasteiger partial charge in [-0.2, -0.15) is 4.31 Å². The quantitative estimate of drug-likeness (QED) is 0.587. The van der Waals surface area contributed by atoms with Gasteiger partial charge in [0.2, 0.25) is 15.9 Å². The van der Waals surface area contributed by atoms with E-state index in [4.69, 9.17) is 4.74 Å². The van der Waals surface area contributed by atoms with Gasteiger partial charge >= 0.3 is 0 Å². The van der Waals surface area contributed by atoms with Crippen molar-refractivity contribution in [3.63, 3.8) is 0 Å². The number of carbonyl (C=O) groups excluding carboxylic acids is 1. The topological polar surface area (TPSA) is 66.9 Å². The van der Waals surface area contributed by atoms with Gasteiger partial charge in [-0.25, -0.2) is 8.42 Å². The number of sulfonamides is 1. The fraction of sp³-hybridized carbons (Fsp3) is 0.375. The molecule has 1 aliphatic heterocycles. The van der Waals surface area contributed by atoms with Crippen molar-refractivity contribution in [2.24, 2.45) is 0 Å². The highest BCUT2D eigenvalue weighted by atomic mass is 32.2. The summed E-state index contributed by atoms with van der Waals surface area (Å²) in [6.07, 6.45) is 4.15. The molecule has 2 aromatic carbocycles. The predicted molar refractivity (Wildman–Crippen MR) is 122 cm³/mol. The summed E-state index contributed by atoms with van der Waals surface area (Å²) in [5.41, 5.74) is 1.86. The first-order valence-electron chi connectivity index (χ1n) is 10.6. The van der Waals surface area contributed by atoms with E-state index in [-0.39, 0.29) is 16.8 Å². The van der Waals surface area contributed by atoms with Crippen LogP contribution in [0.2, 0.25) is 0 Å². The first kappa shape index (κ1) is 23.2. The third-order valence-electron chi connectivity index (χ3n) is 5.51. The molecule has 0 aliphatic carbocycles. The number of benzene rings is 2. The van der Waals surface area contributed by atoms with Crippen LogP contribution in [0, 0.1) is 0 Å². The average molecular weight is 443 g/mol. The molecule has 0 N–H and O–H groups in total. The van der Waals surface area contributed by atoms with Crippen LogP contribution in [-0.4, -0.2) is 55.9 Å². The Morgan fingerprint density at radius 3 is 2.35 bits per heavy atom. The second kappa shape index (κ2) is 10.7. The SMILES string of the molecule is CC[C@@H](C)N(Cc1ccccc1)C(=O)/C=C/c1ccc(S(=O)(=O)N2CCOCC2)cc1. The standard InChI is InChI=1S/C24H30N2O4S/c1-3-20(2)26(19-22-7-5-4-6-8-22)24(27)14-11-21-9-12-23(13-10-21)31(28,29)25-15-17-30-18-16-25/h4-14,20H,3,15-19H2,1-2H3/b14-11+/t20-/m1/s1. The highest BCUT2D eigenvalue weighted by Crippen LogP contribution is 2.18. The van der Waals surface area contributed by atoms with Crippen molar-refractivity contribution in [3.05, 3.63) is 71.8 Å². The molecular formula is C24H30N2O4S. The van der Waals surface area contributed by atoms with Gasteiger partial charge < -0.3 is 9.64 Å². The van der Waals surface area contributed by atoms with Gasteiger partial charge in [0.05, 0.1) is 18.1 Å². The fourth-order valence-electron chi connectivity index (χ4n) is 3.40. The van der Waals surface area contributed by atoms with Crippen LogP contribution in [-0.2, 0) is 26.1 Å². The molecule has 1 heterocycles. The summed E-state index contributed by atoms with van der Waals surface area (Å²) >= 11 is 0. The summed E-state index contributed by atoms with van der Waals surface area (Å²) in [7, 11) is -3.52. The summed E-state index contributed by atoms with van der Waals surface area (Å²) in [5.74, 6) is -0.0665. The van der Waals surface area contributed by atoms with Gasteiger partial charge in [0.1, 0.15) is 0 Å². The van der Waals surface area contributed by atoms with E-state index in [1.807, 2.05) is 42.2 Å². The van der Waals surface area contributed by atoms with E-state index in [0.717, 1.165) is 17.5 Å². The Morgan fingerprint density at radius 2 is 1.74 bits per heavy atom. The molecule has 0 radical (unpaired) electrons. The summed E-state index contributed by atoms with van der Waals surface area (Å²) in [6.45, 7) is 6.22. The molecule has 1 amide bonds. The molecule has 1 saturated heterocycles. The first-order chi connectivity index (χ1) is 14.9. The molecule has 1 atom stereocenters. The highest BCUT2D eigenvalue weighted by Gasteiger charge is 2.26. The molecule has 1 aliphatic rings. The van der Waals surface area contributed by atoms with Crippen molar-refractivity contribution in [2.75, 3.05) is 26.3 Å². The highest BCUT2D eigenvalue weighted by molar-refractivity contribution is 7.89. The monoisotopic (exact) mass is 442 g/mol. The van der Waals surface area contributed by atoms with Crippen LogP contribution in [0.1, 0.15) is 31.4 Å². The number of nitrogens with zero attached hydrogens (tertiary/aromatic N) is 2. The Hall–Kier alpha value is -2.48. The molecule has 0 bridgehead atoms. The van der Waals surface area contributed by atoms with Crippen molar-refractivity contribution < 1.29 is 17.9 Å². The Labute approximate surface area is 185 Å². The second-order valence-electron chi connectivity index (χ2n) is 7.63. The average Bonchev–Trinajstić information content (AvgIpc) is 2.82. The van der Waals surface area contributed by atoms with Gasteiger partial charge in [-0.3, -0.25) is 4.79 Å². The van der Waals surface area contributed by atoms with Crippen LogP contribution in [0.25, 0.3) is 6.08 Å². The lowest BCUT2D eigenvalue weighted by molar-refractivity contribution is -0.128. The maximum absolute atomic E-state index is 12.9. The molecule has 3 rings (SSSR count). The van der Waals surface area contributed by atoms with Crippen molar-refractivity contribution >= 4 is 22.0 Å². The summed E-state index contributed by atoms with van der Waals surface area (Å²) in [6, 6.07) is 16.7. The zero-order chi connectivity index (χ0) is 22.3. The summed E-state index contributed by atoms with van der Waals surface area (Å²) in [5, 5.41) is 0. The number of hydrogen-bond donors (Lipinski definition) is 0. The molecule has 0 saturated carbocycles. The minimum Gasteiger partial charge on any atom is -0.379 e. The molecule has 2 aromatic rings. The van der Waals surface area contributed by atoms with E-state index in [0.29, 0.717) is 32.8 Å². The fourth-order valence-corrected chi connectivity index (χ4v) is 4.81. The van der Waals surface area contributed by atoms with Gasteiger partial charge in [0, 0.05) is 31.8 Å². The van der Waals surface area contributed by atoms with E-state index >= 15 is 0 Å². The zero-order valence-electron chi connectivity index (χ0n) is 18.1. The number of amides is 1. The molecule has 1 fully saturated rings. The number of hydrogen-bond acceptors (Lipinski definition) is 4. The minimum atomic E-state index is -3.52. The lowest BCUT2D eigenvalue weighted by atomic mass is 10.1. The van der Waals surface area contributed by atoms with Crippen molar-refractivity contribution in [2.45, 2.75) is 37.8 Å². The predicted octanol–water partition coefficient (Wildman–Crippen LogP) is 3.55. The van der Waals surface area contributed by atoms with Crippen LogP contribution in [0.5, 0.6) is 0 Å². The number of rotatable bonds is 8. The molecule has 0 unspecified atom stereocenters. The lowest BCUT2D eigenvalue weighted by Crippen LogP contribution is -2.40. The van der Waals surface area contributed by atoms with Gasteiger partial charge in [-0.05, 0) is 42.7 Å². The third-order valence-corrected chi connectivity index (χ3v) is 7.42. The first-order valence-corrected chi connectivity index (χ1v) is 12.1. The largest absolute Gasteiger partial charge is 0.379 e. The van der Waals surface area contributed by atoms with Gasteiger partial charge in [-0.1, -0.05) is 49.4 Å². The molecular weight excluding hydrogens is 412 g/mol. The molecule has 7 heteroatoms. The van der Waals surface area contributed by atoms with E-state index in [1.54, 1.807) is 36.4 Å². The zero-order valence-corrected chi connectivity index (χ0v) is 18.9. The molecule has 166 valence electrons. The van der Waals surface area contributed by atoms with Crippen LogP contribution in [0.3, 0.4) is 0 Å². The maximum atomic E-state index is 12.9. The third kappa shape index (κ3) is 6.03. The van der Waals surface area contributed by atoms with E-state index in [2.05, 4.69) is 6.92 Å². The van der Waals surface area contributed by atoms with Gasteiger partial charge in [-0.15, -0.1) is 0 Å². The Bertz CT molecular complexity index is 982. The summed E-state index contributed by atoms with van der Waals surface area (Å²) in [4.78, 5) is 15.0. The van der Waals surface area contributed by atoms with Crippen LogP contribution >= 0.6 is 0 Å². The molecule has 31 heavy (non-hydrogen) atoms. The Kier molecular flexibility index (Phi) is 8.01. The van der Waals surface area contributed by atoms with Crippen LogP contribution in [0.4, 0.5) is 0 Å². The molecule has 0 aromatic heterocycles. The normalized spacial score (nSPS) is 16.3. The van der Waals surface area contributed by atoms with Gasteiger partial charge in [0.25, 0.3) is 0 Å². The second-order valence-corrected chi connectivity index (χ2v) is 9.57. The molecule has 6 nitrogen and oxygen atoms in total. The minimum absolute atomic E-state index is 0.0665. The van der Waals surface area contributed by atoms with Crippen molar-refractivity contribution in [1.82, 2.24) is 9.21 Å². The van der Waals surface area contributed by atoms with E-state index in [1.165, 1.54) is 4.31 Å². The van der Waals surface area contributed by atoms with Gasteiger partial charge in [0.15, 0.2) is 0 Å². The van der Waals surface area contributed by atoms with E-state index < -0.39 is 10.0 Å². The lowest BCUT2D eigenvalue weighted by Gasteiger charge is -2.27. The van der Waals surface area contributed by atoms with Crippen molar-refractivity contribution in [1.29, 1.82) is 0 Å². The van der Waals surface area contributed by atoms with E-state index in [9.17, 15) is 13.2 Å². The maximum Gasteiger partial charge on any atom is 0.247 e. The Morgan fingerprint density at radius 1 is 1.10 bits per heavy atom. The van der Waals surface area contributed by atoms with Crippen LogP contribution < -0.4 is 0 Å². The van der Waals surface area contributed by atoms with Crippen LogP contribution in [0.15, 0.2) is 65.6 Å². The molecule has 0 spiro atoms.